The number of carbonyl (C=O) groups is 1. The molecule has 29 heavy (non-hydrogen) atoms. The van der Waals surface area contributed by atoms with E-state index >= 15 is 0 Å². The Morgan fingerprint density at radius 1 is 1.14 bits per heavy atom. The van der Waals surface area contributed by atoms with Gasteiger partial charge in [-0.05, 0) is 30.2 Å². The molecule has 2 aliphatic rings. The van der Waals surface area contributed by atoms with Crippen molar-refractivity contribution in [2.45, 2.75) is 31.8 Å². The molecule has 4 rings (SSSR count). The molecule has 6 nitrogen and oxygen atoms in total. The fraction of sp³-hybridized carbons (Fsp3) is 0.364. The van der Waals surface area contributed by atoms with E-state index in [4.69, 9.17) is 9.73 Å². The smallest absolute Gasteiger partial charge is 0.225 e. The summed E-state index contributed by atoms with van der Waals surface area (Å²) in [5.74, 6) is 1.87. The highest BCUT2D eigenvalue weighted by Crippen LogP contribution is 2.32. The molecule has 2 aromatic carbocycles. The topological polar surface area (TPSA) is 74.8 Å². The number of ether oxygens (including phenoxy) is 1. The predicted octanol–water partition coefficient (Wildman–Crippen LogP) is 3.29. The van der Waals surface area contributed by atoms with Gasteiger partial charge in [-0.1, -0.05) is 36.4 Å². The Morgan fingerprint density at radius 2 is 1.93 bits per heavy atom. The number of hydrogen-bond donors (Lipinski definition) is 3. The predicted molar refractivity (Wildman–Crippen MR) is 126 cm³/mol. The van der Waals surface area contributed by atoms with Crippen molar-refractivity contribution >= 4 is 41.5 Å². The quantitative estimate of drug-likeness (QED) is 0.331. The zero-order chi connectivity index (χ0) is 19.3. The molecule has 1 amide bonds. The maximum Gasteiger partial charge on any atom is 0.225 e. The van der Waals surface area contributed by atoms with E-state index in [1.807, 2.05) is 43.3 Å². The van der Waals surface area contributed by atoms with Gasteiger partial charge in [0.25, 0.3) is 0 Å². The summed E-state index contributed by atoms with van der Waals surface area (Å²) < 4.78 is 5.99. The Hall–Kier alpha value is -2.29. The third-order valence-corrected chi connectivity index (χ3v) is 5.13. The van der Waals surface area contributed by atoms with Crippen molar-refractivity contribution in [3.8, 4) is 5.75 Å². The largest absolute Gasteiger partial charge is 0.488 e. The van der Waals surface area contributed by atoms with Crippen molar-refractivity contribution in [3.05, 3.63) is 59.7 Å². The van der Waals surface area contributed by atoms with Crippen molar-refractivity contribution < 1.29 is 9.53 Å². The highest BCUT2D eigenvalue weighted by molar-refractivity contribution is 14.0. The first-order valence-corrected chi connectivity index (χ1v) is 9.88. The minimum absolute atomic E-state index is 0. The molecular weight excluding hydrogens is 479 g/mol. The molecule has 0 spiro atoms. The lowest BCUT2D eigenvalue weighted by molar-refractivity contribution is -0.116. The van der Waals surface area contributed by atoms with Crippen LogP contribution in [0, 0.1) is 0 Å². The molecule has 0 saturated carbocycles. The molecular formula is C22H27IN4O2. The average Bonchev–Trinajstić information content (AvgIpc) is 3.12. The van der Waals surface area contributed by atoms with Gasteiger partial charge >= 0.3 is 0 Å². The number of rotatable bonds is 5. The summed E-state index contributed by atoms with van der Waals surface area (Å²) in [4.78, 5) is 16.7. The third-order valence-electron chi connectivity index (χ3n) is 5.13. The minimum atomic E-state index is 0. The molecule has 2 atom stereocenters. The van der Waals surface area contributed by atoms with Gasteiger partial charge < -0.3 is 20.7 Å². The normalized spacial score (nSPS) is 19.9. The molecule has 0 aromatic heterocycles. The summed E-state index contributed by atoms with van der Waals surface area (Å²) in [7, 11) is 0. The summed E-state index contributed by atoms with van der Waals surface area (Å²) >= 11 is 0. The maximum absolute atomic E-state index is 12.0. The number of amides is 1. The van der Waals surface area contributed by atoms with Crippen molar-refractivity contribution in [2.75, 3.05) is 25.0 Å². The molecule has 154 valence electrons. The molecule has 2 aromatic rings. The molecule has 0 saturated heterocycles. The van der Waals surface area contributed by atoms with Gasteiger partial charge in [0.05, 0.1) is 13.1 Å². The number of nitrogens with one attached hydrogen (secondary N) is 3. The van der Waals surface area contributed by atoms with Crippen LogP contribution in [0.3, 0.4) is 0 Å². The number of para-hydroxylation sites is 2. The van der Waals surface area contributed by atoms with E-state index < -0.39 is 0 Å². The van der Waals surface area contributed by atoms with Crippen molar-refractivity contribution in [2.24, 2.45) is 4.99 Å². The van der Waals surface area contributed by atoms with Crippen molar-refractivity contribution in [3.63, 3.8) is 0 Å². The van der Waals surface area contributed by atoms with E-state index in [1.165, 1.54) is 5.56 Å². The van der Waals surface area contributed by atoms with Crippen LogP contribution in [-0.4, -0.2) is 37.6 Å². The first-order valence-electron chi connectivity index (χ1n) is 9.88. The van der Waals surface area contributed by atoms with Crippen molar-refractivity contribution in [1.82, 2.24) is 10.6 Å². The highest BCUT2D eigenvalue weighted by atomic mass is 127. The number of carbonyl (C=O) groups excluding carboxylic acids is 1. The Bertz CT molecular complexity index is 862. The highest BCUT2D eigenvalue weighted by Gasteiger charge is 2.25. The summed E-state index contributed by atoms with van der Waals surface area (Å²) in [6, 6.07) is 16.1. The Morgan fingerprint density at radius 3 is 2.76 bits per heavy atom. The van der Waals surface area contributed by atoms with E-state index in [9.17, 15) is 4.79 Å². The summed E-state index contributed by atoms with van der Waals surface area (Å²) in [6.45, 7) is 4.07. The number of hydrogen-bond acceptors (Lipinski definition) is 3. The van der Waals surface area contributed by atoms with Crippen LogP contribution >= 0.6 is 24.0 Å². The number of fused-ring (bicyclic) bond motifs is 2. The van der Waals surface area contributed by atoms with Crippen LogP contribution in [0.25, 0.3) is 0 Å². The molecule has 0 bridgehead atoms. The van der Waals surface area contributed by atoms with Gasteiger partial charge in [-0.25, -0.2) is 0 Å². The summed E-state index contributed by atoms with van der Waals surface area (Å²) in [5.41, 5.74) is 3.30. The van der Waals surface area contributed by atoms with Gasteiger partial charge in [0, 0.05) is 31.0 Å². The lowest BCUT2D eigenvalue weighted by Gasteiger charge is -2.24. The maximum atomic E-state index is 12.0. The van der Waals surface area contributed by atoms with E-state index in [0.29, 0.717) is 19.5 Å². The number of benzene rings is 2. The number of halogens is 1. The van der Waals surface area contributed by atoms with Gasteiger partial charge in [-0.2, -0.15) is 0 Å². The van der Waals surface area contributed by atoms with Gasteiger partial charge in [-0.3, -0.25) is 9.79 Å². The molecule has 2 unspecified atom stereocenters. The zero-order valence-corrected chi connectivity index (χ0v) is 18.8. The van der Waals surface area contributed by atoms with Gasteiger partial charge in [0.15, 0.2) is 5.96 Å². The number of aliphatic imine (C=N–C) groups is 1. The molecule has 7 heteroatoms. The van der Waals surface area contributed by atoms with Gasteiger partial charge in [0.1, 0.15) is 11.9 Å². The van der Waals surface area contributed by atoms with E-state index in [0.717, 1.165) is 35.9 Å². The fourth-order valence-electron chi connectivity index (χ4n) is 3.79. The van der Waals surface area contributed by atoms with Crippen LogP contribution in [0.1, 0.15) is 30.4 Å². The lowest BCUT2D eigenvalue weighted by atomic mass is 9.91. The second kappa shape index (κ2) is 9.96. The standard InChI is InChI=1S/C22H26N4O2.HI/c1-2-23-22(25-14-17-11-15-7-3-6-10-20(15)28-17)24-13-16-12-21(27)26-19-9-5-4-8-18(16)19;/h3-10,16-17H,2,11-14H2,1H3,(H,26,27)(H2,23,24,25);1H. The second-order valence-electron chi connectivity index (χ2n) is 7.19. The molecule has 0 fully saturated rings. The van der Waals surface area contributed by atoms with Crippen LogP contribution in [0.2, 0.25) is 0 Å². The lowest BCUT2D eigenvalue weighted by Crippen LogP contribution is -2.42. The van der Waals surface area contributed by atoms with Gasteiger partial charge in [-0.15, -0.1) is 24.0 Å². The minimum Gasteiger partial charge on any atom is -0.488 e. The molecule has 0 aliphatic carbocycles. The van der Waals surface area contributed by atoms with Crippen LogP contribution < -0.4 is 20.7 Å². The summed E-state index contributed by atoms with van der Waals surface area (Å²) in [5, 5.41) is 9.61. The third kappa shape index (κ3) is 5.20. The second-order valence-corrected chi connectivity index (χ2v) is 7.19. The van der Waals surface area contributed by atoms with Crippen LogP contribution in [0.4, 0.5) is 5.69 Å². The molecule has 0 radical (unpaired) electrons. The first kappa shape index (κ1) is 21.4. The zero-order valence-electron chi connectivity index (χ0n) is 16.5. The average molecular weight is 506 g/mol. The van der Waals surface area contributed by atoms with E-state index in [-0.39, 0.29) is 41.9 Å². The molecule has 3 N–H and O–H groups in total. The van der Waals surface area contributed by atoms with E-state index in [1.54, 1.807) is 0 Å². The molecule has 2 aliphatic heterocycles. The van der Waals surface area contributed by atoms with Crippen LogP contribution in [0.5, 0.6) is 5.75 Å². The monoisotopic (exact) mass is 506 g/mol. The van der Waals surface area contributed by atoms with Crippen LogP contribution in [0.15, 0.2) is 53.5 Å². The number of nitrogens with zero attached hydrogens (tertiary/aromatic N) is 1. The number of guanidine groups is 1. The Labute approximate surface area is 188 Å². The van der Waals surface area contributed by atoms with Gasteiger partial charge in [0.2, 0.25) is 5.91 Å². The number of anilines is 1. The summed E-state index contributed by atoms with van der Waals surface area (Å²) in [6.07, 6.45) is 1.46. The van der Waals surface area contributed by atoms with E-state index in [2.05, 4.69) is 28.1 Å². The Balaban J connectivity index is 0.00000240. The SMILES string of the molecule is CCNC(=NCC1CC(=O)Nc2ccccc21)NCC1Cc2ccccc2O1.I. The first-order chi connectivity index (χ1) is 13.7. The fourth-order valence-corrected chi connectivity index (χ4v) is 3.79. The van der Waals surface area contributed by atoms with Crippen molar-refractivity contribution in [1.29, 1.82) is 0 Å². The molecule has 2 heterocycles. The Kier molecular flexibility index (Phi) is 7.35. The van der Waals surface area contributed by atoms with Crippen LogP contribution in [-0.2, 0) is 11.2 Å².